The Kier molecular flexibility index (Phi) is 3.00. The van der Waals surface area contributed by atoms with Crippen LogP contribution < -0.4 is 4.90 Å². The second kappa shape index (κ2) is 4.78. The van der Waals surface area contributed by atoms with Crippen LogP contribution in [-0.2, 0) is 15.8 Å². The fourth-order valence-electron chi connectivity index (χ4n) is 5.64. The number of alkyl halides is 3. The Hall–Kier alpha value is -1.56. The fourth-order valence-corrected chi connectivity index (χ4v) is 5.84. The molecular weight excluding hydrogens is 355 g/mol. The first-order chi connectivity index (χ1) is 11.8. The van der Waals surface area contributed by atoms with Crippen LogP contribution in [0, 0.1) is 35.5 Å². The zero-order valence-electron chi connectivity index (χ0n) is 13.1. The molecule has 4 aliphatic carbocycles. The van der Waals surface area contributed by atoms with E-state index in [0.717, 1.165) is 42.4 Å². The molecule has 4 saturated carbocycles. The Morgan fingerprint density at radius 1 is 0.960 bits per heavy atom. The molecule has 3 nitrogen and oxygen atoms in total. The third-order valence-electron chi connectivity index (χ3n) is 6.66. The van der Waals surface area contributed by atoms with E-state index >= 15 is 0 Å². The van der Waals surface area contributed by atoms with Crippen LogP contribution in [0.25, 0.3) is 0 Å². The SMILES string of the molecule is O=C1C2C3CCC(C4CC43)C2C(=O)N1c1cc(C(F)(F)F)ccc1Cl. The normalized spacial score (nSPS) is 38.8. The van der Waals surface area contributed by atoms with Crippen molar-refractivity contribution in [3.05, 3.63) is 28.8 Å². The summed E-state index contributed by atoms with van der Waals surface area (Å²) < 4.78 is 39.1. The Morgan fingerprint density at radius 3 is 2.04 bits per heavy atom. The number of benzene rings is 1. The lowest BCUT2D eigenvalue weighted by atomic mass is 9.59. The average Bonchev–Trinajstić information content (AvgIpc) is 3.32. The molecule has 0 radical (unpaired) electrons. The Balaban J connectivity index is 1.58. The molecular formula is C18H15ClF3NO2. The molecule has 1 aromatic rings. The Labute approximate surface area is 147 Å². The molecule has 6 unspecified atom stereocenters. The molecule has 1 heterocycles. The predicted octanol–water partition coefficient (Wildman–Crippen LogP) is 4.14. The molecule has 7 heteroatoms. The van der Waals surface area contributed by atoms with E-state index in [1.807, 2.05) is 0 Å². The second-order valence-electron chi connectivity index (χ2n) is 7.70. The standard InChI is InChI=1S/C18H15ClF3NO2/c19-12-4-1-7(18(20,21)22)5-13(12)23-16(24)14-8-2-3-9(11-6-10(8)11)15(14)17(23)25/h1,4-5,8-11,14-15H,2-3,6H2. The van der Waals surface area contributed by atoms with Gasteiger partial charge in [-0.2, -0.15) is 13.2 Å². The van der Waals surface area contributed by atoms with E-state index in [1.165, 1.54) is 0 Å². The highest BCUT2D eigenvalue weighted by atomic mass is 35.5. The molecule has 0 aromatic heterocycles. The van der Waals surface area contributed by atoms with Crippen LogP contribution in [0.4, 0.5) is 18.9 Å². The minimum atomic E-state index is -4.56. The number of nitrogens with zero attached hydrogens (tertiary/aromatic N) is 1. The van der Waals surface area contributed by atoms with Gasteiger partial charge in [-0.25, -0.2) is 4.90 Å². The highest BCUT2D eigenvalue weighted by Crippen LogP contribution is 2.68. The second-order valence-corrected chi connectivity index (χ2v) is 8.10. The van der Waals surface area contributed by atoms with Crippen molar-refractivity contribution in [2.24, 2.45) is 35.5 Å². The van der Waals surface area contributed by atoms with Crippen LogP contribution in [-0.4, -0.2) is 11.8 Å². The van der Waals surface area contributed by atoms with Crippen molar-refractivity contribution in [1.29, 1.82) is 0 Å². The van der Waals surface area contributed by atoms with E-state index in [2.05, 4.69) is 0 Å². The number of hydrogen-bond donors (Lipinski definition) is 0. The van der Waals surface area contributed by atoms with Crippen LogP contribution in [0.1, 0.15) is 24.8 Å². The summed E-state index contributed by atoms with van der Waals surface area (Å²) in [6.07, 6.45) is -1.59. The first-order valence-electron chi connectivity index (χ1n) is 8.53. The van der Waals surface area contributed by atoms with Crippen molar-refractivity contribution in [3.63, 3.8) is 0 Å². The minimum absolute atomic E-state index is 0.00847. The van der Waals surface area contributed by atoms with E-state index in [0.29, 0.717) is 11.8 Å². The number of anilines is 1. The lowest BCUT2D eigenvalue weighted by molar-refractivity contribution is -0.137. The zero-order chi connectivity index (χ0) is 17.7. The van der Waals surface area contributed by atoms with Gasteiger partial charge in [0.1, 0.15) is 0 Å². The van der Waals surface area contributed by atoms with E-state index in [-0.39, 0.29) is 46.2 Å². The van der Waals surface area contributed by atoms with Crippen molar-refractivity contribution in [2.75, 3.05) is 4.90 Å². The van der Waals surface area contributed by atoms with Gasteiger partial charge in [0.25, 0.3) is 0 Å². The molecule has 25 heavy (non-hydrogen) atoms. The predicted molar refractivity (Wildman–Crippen MR) is 83.7 cm³/mol. The quantitative estimate of drug-likeness (QED) is 0.698. The number of fused-ring (bicyclic) bond motifs is 1. The minimum Gasteiger partial charge on any atom is -0.274 e. The maximum absolute atomic E-state index is 13.0. The van der Waals surface area contributed by atoms with Gasteiger partial charge < -0.3 is 0 Å². The van der Waals surface area contributed by atoms with Crippen molar-refractivity contribution in [1.82, 2.24) is 0 Å². The molecule has 2 amide bonds. The first kappa shape index (κ1) is 15.7. The summed E-state index contributed by atoms with van der Waals surface area (Å²) in [4.78, 5) is 26.9. The van der Waals surface area contributed by atoms with Gasteiger partial charge in [0.15, 0.2) is 0 Å². The molecule has 1 saturated heterocycles. The van der Waals surface area contributed by atoms with Gasteiger partial charge in [-0.1, -0.05) is 11.6 Å². The molecule has 132 valence electrons. The Morgan fingerprint density at radius 2 is 1.52 bits per heavy atom. The largest absolute Gasteiger partial charge is 0.416 e. The van der Waals surface area contributed by atoms with Gasteiger partial charge in [-0.3, -0.25) is 9.59 Å². The van der Waals surface area contributed by atoms with Crippen LogP contribution >= 0.6 is 11.6 Å². The number of imide groups is 1. The molecule has 0 N–H and O–H groups in total. The number of halogens is 4. The highest BCUT2D eigenvalue weighted by molar-refractivity contribution is 6.36. The molecule has 1 aromatic carbocycles. The van der Waals surface area contributed by atoms with Crippen LogP contribution in [0.2, 0.25) is 5.02 Å². The molecule has 6 atom stereocenters. The maximum Gasteiger partial charge on any atom is 0.416 e. The fraction of sp³-hybridized carbons (Fsp3) is 0.556. The van der Waals surface area contributed by atoms with Gasteiger partial charge in [0, 0.05) is 0 Å². The monoisotopic (exact) mass is 369 g/mol. The molecule has 1 aliphatic heterocycles. The smallest absolute Gasteiger partial charge is 0.274 e. The average molecular weight is 370 g/mol. The number of rotatable bonds is 1. The zero-order valence-corrected chi connectivity index (χ0v) is 13.8. The molecule has 2 bridgehead atoms. The number of hydrogen-bond acceptors (Lipinski definition) is 2. The maximum atomic E-state index is 13.0. The summed E-state index contributed by atoms with van der Waals surface area (Å²) in [5.74, 6) is -0.0341. The molecule has 5 fully saturated rings. The third-order valence-corrected chi connectivity index (χ3v) is 6.98. The van der Waals surface area contributed by atoms with E-state index in [4.69, 9.17) is 11.6 Å². The molecule has 5 aliphatic rings. The molecule has 0 spiro atoms. The van der Waals surface area contributed by atoms with Gasteiger partial charge in [0.05, 0.1) is 28.1 Å². The number of amides is 2. The lowest BCUT2D eigenvalue weighted by Gasteiger charge is -2.42. The summed E-state index contributed by atoms with van der Waals surface area (Å²) in [7, 11) is 0. The first-order valence-corrected chi connectivity index (χ1v) is 8.91. The van der Waals surface area contributed by atoms with Crippen LogP contribution in [0.3, 0.4) is 0 Å². The van der Waals surface area contributed by atoms with Crippen molar-refractivity contribution < 1.29 is 22.8 Å². The summed E-state index contributed by atoms with van der Waals surface area (Å²) in [5.41, 5.74) is -1.04. The van der Waals surface area contributed by atoms with Crippen molar-refractivity contribution >= 4 is 29.1 Å². The van der Waals surface area contributed by atoms with E-state index in [1.54, 1.807) is 0 Å². The van der Waals surface area contributed by atoms with Gasteiger partial charge >= 0.3 is 6.18 Å². The van der Waals surface area contributed by atoms with Gasteiger partial charge in [0.2, 0.25) is 11.8 Å². The summed E-state index contributed by atoms with van der Waals surface area (Å²) in [6.45, 7) is 0. The lowest BCUT2D eigenvalue weighted by Crippen LogP contribution is -2.43. The number of carbonyl (C=O) groups is 2. The van der Waals surface area contributed by atoms with Crippen molar-refractivity contribution in [2.45, 2.75) is 25.4 Å². The number of carbonyl (C=O) groups excluding carboxylic acids is 2. The van der Waals surface area contributed by atoms with Crippen LogP contribution in [0.15, 0.2) is 18.2 Å². The van der Waals surface area contributed by atoms with Gasteiger partial charge in [-0.05, 0) is 61.1 Å². The molecule has 6 rings (SSSR count). The van der Waals surface area contributed by atoms with E-state index < -0.39 is 11.7 Å². The third kappa shape index (κ3) is 2.00. The highest BCUT2D eigenvalue weighted by Gasteiger charge is 2.68. The topological polar surface area (TPSA) is 37.4 Å². The van der Waals surface area contributed by atoms with E-state index in [9.17, 15) is 22.8 Å². The summed E-state index contributed by atoms with van der Waals surface area (Å²) in [6, 6.07) is 2.79. The summed E-state index contributed by atoms with van der Waals surface area (Å²) in [5, 5.41) is -0.00847. The van der Waals surface area contributed by atoms with Crippen LogP contribution in [0.5, 0.6) is 0 Å². The van der Waals surface area contributed by atoms with Gasteiger partial charge in [-0.15, -0.1) is 0 Å². The van der Waals surface area contributed by atoms with Crippen molar-refractivity contribution in [3.8, 4) is 0 Å². The Bertz CT molecular complexity index is 774. The summed E-state index contributed by atoms with van der Waals surface area (Å²) >= 11 is 6.07.